The van der Waals surface area contributed by atoms with Gasteiger partial charge in [0.1, 0.15) is 0 Å². The summed E-state index contributed by atoms with van der Waals surface area (Å²) in [4.78, 5) is 16.7. The highest BCUT2D eigenvalue weighted by atomic mass is 19.4. The van der Waals surface area contributed by atoms with Gasteiger partial charge in [-0.1, -0.05) is 13.0 Å². The highest BCUT2D eigenvalue weighted by Gasteiger charge is 2.34. The quantitative estimate of drug-likeness (QED) is 0.946. The van der Waals surface area contributed by atoms with Crippen LogP contribution in [-0.4, -0.2) is 34.1 Å². The SMILES string of the molecule is CCN1CCC(Cn2c(=O)[nH]c3c(C(F)(F)F)cccc32)C1. The van der Waals surface area contributed by atoms with Crippen LogP contribution in [-0.2, 0) is 12.7 Å². The monoisotopic (exact) mass is 313 g/mol. The maximum Gasteiger partial charge on any atom is 0.418 e. The number of fused-ring (bicyclic) bond motifs is 1. The second-order valence-corrected chi connectivity index (χ2v) is 5.79. The molecule has 1 unspecified atom stereocenters. The average Bonchev–Trinajstić information content (AvgIpc) is 3.03. The molecule has 0 aliphatic carbocycles. The number of hydrogen-bond acceptors (Lipinski definition) is 2. The molecule has 1 N–H and O–H groups in total. The number of likely N-dealkylation sites (tertiary alicyclic amines) is 1. The number of rotatable bonds is 3. The minimum absolute atomic E-state index is 0.120. The number of para-hydroxylation sites is 1. The molecule has 4 nitrogen and oxygen atoms in total. The Balaban J connectivity index is 1.97. The molecule has 0 amide bonds. The molecule has 2 heterocycles. The van der Waals surface area contributed by atoms with E-state index in [4.69, 9.17) is 0 Å². The molecule has 120 valence electrons. The van der Waals surface area contributed by atoms with Crippen LogP contribution >= 0.6 is 0 Å². The zero-order valence-electron chi connectivity index (χ0n) is 12.3. The molecule has 0 bridgehead atoms. The first kappa shape index (κ1) is 15.1. The molecule has 2 aromatic rings. The van der Waals surface area contributed by atoms with Crippen LogP contribution in [0, 0.1) is 5.92 Å². The zero-order valence-corrected chi connectivity index (χ0v) is 12.3. The van der Waals surface area contributed by atoms with Crippen molar-refractivity contribution in [2.45, 2.75) is 26.1 Å². The molecule has 1 aromatic heterocycles. The van der Waals surface area contributed by atoms with Crippen LogP contribution in [0.1, 0.15) is 18.9 Å². The number of nitrogens with zero attached hydrogens (tertiary/aromatic N) is 2. The smallest absolute Gasteiger partial charge is 0.305 e. The van der Waals surface area contributed by atoms with Crippen LogP contribution < -0.4 is 5.69 Å². The number of H-pyrrole nitrogens is 1. The number of hydrogen-bond donors (Lipinski definition) is 1. The van der Waals surface area contributed by atoms with E-state index in [0.717, 1.165) is 32.1 Å². The van der Waals surface area contributed by atoms with Crippen molar-refractivity contribution in [1.82, 2.24) is 14.5 Å². The van der Waals surface area contributed by atoms with Crippen molar-refractivity contribution >= 4 is 11.0 Å². The molecule has 1 saturated heterocycles. The minimum Gasteiger partial charge on any atom is -0.305 e. The normalized spacial score (nSPS) is 20.1. The molecule has 1 atom stereocenters. The Kier molecular flexibility index (Phi) is 3.76. The molecular formula is C15H18F3N3O. The Morgan fingerprint density at radius 1 is 1.36 bits per heavy atom. The van der Waals surface area contributed by atoms with Crippen molar-refractivity contribution in [2.75, 3.05) is 19.6 Å². The van der Waals surface area contributed by atoms with E-state index >= 15 is 0 Å². The van der Waals surface area contributed by atoms with E-state index in [2.05, 4.69) is 16.8 Å². The predicted octanol–water partition coefficient (Wildman–Crippen LogP) is 2.69. The molecule has 1 fully saturated rings. The largest absolute Gasteiger partial charge is 0.418 e. The molecule has 0 spiro atoms. The van der Waals surface area contributed by atoms with Gasteiger partial charge in [0.2, 0.25) is 0 Å². The molecule has 22 heavy (non-hydrogen) atoms. The Labute approximate surface area is 125 Å². The maximum atomic E-state index is 13.0. The van der Waals surface area contributed by atoms with Gasteiger partial charge in [-0.2, -0.15) is 13.2 Å². The second kappa shape index (κ2) is 5.46. The van der Waals surface area contributed by atoms with E-state index in [0.29, 0.717) is 18.0 Å². The highest BCUT2D eigenvalue weighted by molar-refractivity contribution is 5.79. The van der Waals surface area contributed by atoms with Crippen LogP contribution in [0.25, 0.3) is 11.0 Å². The van der Waals surface area contributed by atoms with Gasteiger partial charge < -0.3 is 9.88 Å². The number of imidazole rings is 1. The fourth-order valence-electron chi connectivity index (χ4n) is 3.21. The summed E-state index contributed by atoms with van der Waals surface area (Å²) >= 11 is 0. The van der Waals surface area contributed by atoms with Crippen molar-refractivity contribution in [2.24, 2.45) is 5.92 Å². The van der Waals surface area contributed by atoms with Gasteiger partial charge in [-0.15, -0.1) is 0 Å². The Morgan fingerprint density at radius 2 is 2.14 bits per heavy atom. The molecular weight excluding hydrogens is 295 g/mol. The van der Waals surface area contributed by atoms with Gasteiger partial charge in [-0.05, 0) is 37.6 Å². The lowest BCUT2D eigenvalue weighted by atomic mass is 10.1. The van der Waals surface area contributed by atoms with E-state index in [-0.39, 0.29) is 5.52 Å². The van der Waals surface area contributed by atoms with Gasteiger partial charge in [0.15, 0.2) is 0 Å². The molecule has 0 saturated carbocycles. The highest BCUT2D eigenvalue weighted by Crippen LogP contribution is 2.33. The van der Waals surface area contributed by atoms with E-state index in [1.165, 1.54) is 10.6 Å². The van der Waals surface area contributed by atoms with E-state index in [1.807, 2.05) is 0 Å². The number of benzene rings is 1. The first-order chi connectivity index (χ1) is 10.4. The molecule has 1 aliphatic heterocycles. The lowest BCUT2D eigenvalue weighted by Gasteiger charge is -2.14. The lowest BCUT2D eigenvalue weighted by molar-refractivity contribution is -0.136. The molecule has 1 aromatic carbocycles. The van der Waals surface area contributed by atoms with Crippen LogP contribution in [0.3, 0.4) is 0 Å². The Hall–Kier alpha value is -1.76. The average molecular weight is 313 g/mol. The van der Waals surface area contributed by atoms with Crippen molar-refractivity contribution in [3.63, 3.8) is 0 Å². The molecule has 1 aliphatic rings. The standard InChI is InChI=1S/C15H18F3N3O/c1-2-20-7-6-10(8-20)9-21-12-5-3-4-11(15(16,17)18)13(12)19-14(21)22/h3-5,10H,2,6-9H2,1H3,(H,19,22). The van der Waals surface area contributed by atoms with Crippen molar-refractivity contribution in [3.05, 3.63) is 34.2 Å². The van der Waals surface area contributed by atoms with Crippen molar-refractivity contribution in [3.8, 4) is 0 Å². The summed E-state index contributed by atoms with van der Waals surface area (Å²) in [5.41, 5.74) is -1.05. The van der Waals surface area contributed by atoms with Crippen LogP contribution in [0.5, 0.6) is 0 Å². The summed E-state index contributed by atoms with van der Waals surface area (Å²) in [5.74, 6) is 0.297. The number of aromatic nitrogens is 2. The first-order valence-electron chi connectivity index (χ1n) is 7.41. The number of halogens is 3. The van der Waals surface area contributed by atoms with Gasteiger partial charge in [0.05, 0.1) is 16.6 Å². The van der Waals surface area contributed by atoms with Crippen LogP contribution in [0.2, 0.25) is 0 Å². The van der Waals surface area contributed by atoms with Gasteiger partial charge in [-0.25, -0.2) is 4.79 Å². The third-order valence-electron chi connectivity index (χ3n) is 4.37. The van der Waals surface area contributed by atoms with Gasteiger partial charge in [-0.3, -0.25) is 4.57 Å². The fourth-order valence-corrected chi connectivity index (χ4v) is 3.21. The number of nitrogens with one attached hydrogen (secondary N) is 1. The second-order valence-electron chi connectivity index (χ2n) is 5.79. The third-order valence-corrected chi connectivity index (χ3v) is 4.37. The topological polar surface area (TPSA) is 41.0 Å². The Morgan fingerprint density at radius 3 is 2.77 bits per heavy atom. The van der Waals surface area contributed by atoms with Gasteiger partial charge in [0.25, 0.3) is 0 Å². The van der Waals surface area contributed by atoms with Crippen molar-refractivity contribution in [1.29, 1.82) is 0 Å². The number of aromatic amines is 1. The summed E-state index contributed by atoms with van der Waals surface area (Å²) in [6.07, 6.45) is -3.51. The number of alkyl halides is 3. The predicted molar refractivity (Wildman–Crippen MR) is 77.8 cm³/mol. The first-order valence-corrected chi connectivity index (χ1v) is 7.41. The van der Waals surface area contributed by atoms with E-state index < -0.39 is 17.4 Å². The fraction of sp³-hybridized carbons (Fsp3) is 0.533. The maximum absolute atomic E-state index is 13.0. The van der Waals surface area contributed by atoms with Crippen molar-refractivity contribution < 1.29 is 13.2 Å². The molecule has 7 heteroatoms. The zero-order chi connectivity index (χ0) is 15.9. The third kappa shape index (κ3) is 2.65. The van der Waals surface area contributed by atoms with Crippen LogP contribution in [0.15, 0.2) is 23.0 Å². The lowest BCUT2D eigenvalue weighted by Crippen LogP contribution is -2.24. The van der Waals surface area contributed by atoms with E-state index in [9.17, 15) is 18.0 Å². The summed E-state index contributed by atoms with van der Waals surface area (Å²) in [6, 6.07) is 3.91. The molecule has 0 radical (unpaired) electrons. The summed E-state index contributed by atoms with van der Waals surface area (Å²) in [5, 5.41) is 0. The van der Waals surface area contributed by atoms with Crippen LogP contribution in [0.4, 0.5) is 13.2 Å². The minimum atomic E-state index is -4.47. The summed E-state index contributed by atoms with van der Waals surface area (Å²) in [6.45, 7) is 5.35. The summed E-state index contributed by atoms with van der Waals surface area (Å²) in [7, 11) is 0. The van der Waals surface area contributed by atoms with Gasteiger partial charge >= 0.3 is 11.9 Å². The molecule has 3 rings (SSSR count). The Bertz CT molecular complexity index is 732. The summed E-state index contributed by atoms with van der Waals surface area (Å²) < 4.78 is 40.5. The van der Waals surface area contributed by atoms with E-state index in [1.54, 1.807) is 6.07 Å². The van der Waals surface area contributed by atoms with Gasteiger partial charge in [0, 0.05) is 13.1 Å².